The number of aromatic nitrogens is 2. The summed E-state index contributed by atoms with van der Waals surface area (Å²) in [6, 6.07) is 9.21. The van der Waals surface area contributed by atoms with Gasteiger partial charge in [0, 0.05) is 19.8 Å². The Balaban J connectivity index is 1.63. The summed E-state index contributed by atoms with van der Waals surface area (Å²) in [7, 11) is 1.47. The molecule has 10 heteroatoms. The Labute approximate surface area is 206 Å². The maximum Gasteiger partial charge on any atom is 0.416 e. The number of hydrogen-bond donors (Lipinski definition) is 1. The molecule has 1 unspecified atom stereocenters. The van der Waals surface area contributed by atoms with Gasteiger partial charge in [-0.3, -0.25) is 9.59 Å². The SMILES string of the molecule is CN(CCF)C(=O)c1cc2c(C(=O)NC(c3ccc(C(F)(F)F)cc3)C3CCCCC3)cccn2n1. The fourth-order valence-electron chi connectivity index (χ4n) is 4.78. The van der Waals surface area contributed by atoms with Crippen LogP contribution in [0, 0.1) is 5.92 Å². The van der Waals surface area contributed by atoms with Gasteiger partial charge in [0.25, 0.3) is 11.8 Å². The van der Waals surface area contributed by atoms with Crippen molar-refractivity contribution in [3.8, 4) is 0 Å². The van der Waals surface area contributed by atoms with Crippen molar-refractivity contribution in [2.24, 2.45) is 5.92 Å². The third-order valence-corrected chi connectivity index (χ3v) is 6.74. The Bertz CT molecular complexity index is 1220. The number of rotatable bonds is 7. The highest BCUT2D eigenvalue weighted by Gasteiger charge is 2.32. The molecule has 2 amide bonds. The average molecular weight is 505 g/mol. The molecule has 36 heavy (non-hydrogen) atoms. The van der Waals surface area contributed by atoms with Crippen LogP contribution in [-0.2, 0) is 6.18 Å². The van der Waals surface area contributed by atoms with Crippen molar-refractivity contribution in [1.82, 2.24) is 19.8 Å². The van der Waals surface area contributed by atoms with Crippen molar-refractivity contribution in [1.29, 1.82) is 0 Å². The number of carbonyl (C=O) groups excluding carboxylic acids is 2. The van der Waals surface area contributed by atoms with E-state index in [1.165, 1.54) is 34.7 Å². The number of nitrogens with zero attached hydrogens (tertiary/aromatic N) is 3. The van der Waals surface area contributed by atoms with E-state index in [1.807, 2.05) is 0 Å². The number of hydrogen-bond acceptors (Lipinski definition) is 3. The molecule has 6 nitrogen and oxygen atoms in total. The molecule has 1 fully saturated rings. The van der Waals surface area contributed by atoms with Gasteiger partial charge in [-0.2, -0.15) is 18.3 Å². The predicted molar refractivity (Wildman–Crippen MR) is 126 cm³/mol. The summed E-state index contributed by atoms with van der Waals surface area (Å²) >= 11 is 0. The predicted octanol–water partition coefficient (Wildman–Crippen LogP) is 5.45. The lowest BCUT2D eigenvalue weighted by Gasteiger charge is -2.31. The van der Waals surface area contributed by atoms with E-state index < -0.39 is 36.3 Å². The van der Waals surface area contributed by atoms with E-state index in [2.05, 4.69) is 10.4 Å². The molecule has 0 aliphatic heterocycles. The topological polar surface area (TPSA) is 66.7 Å². The van der Waals surface area contributed by atoms with Crippen LogP contribution in [0.2, 0.25) is 0 Å². The lowest BCUT2D eigenvalue weighted by atomic mass is 9.81. The average Bonchev–Trinajstić information content (AvgIpc) is 3.31. The second kappa shape index (κ2) is 10.7. The van der Waals surface area contributed by atoms with Crippen molar-refractivity contribution in [3.05, 3.63) is 71.0 Å². The van der Waals surface area contributed by atoms with E-state index in [1.54, 1.807) is 18.3 Å². The van der Waals surface area contributed by atoms with Crippen molar-refractivity contribution in [3.63, 3.8) is 0 Å². The summed E-state index contributed by atoms with van der Waals surface area (Å²) in [5.74, 6) is -0.782. The highest BCUT2D eigenvalue weighted by Crippen LogP contribution is 2.36. The molecule has 0 saturated heterocycles. The molecule has 3 aromatic rings. The Hall–Kier alpha value is -3.43. The van der Waals surface area contributed by atoms with E-state index in [0.29, 0.717) is 11.1 Å². The Morgan fingerprint density at radius 1 is 1.14 bits per heavy atom. The molecule has 192 valence electrons. The lowest BCUT2D eigenvalue weighted by molar-refractivity contribution is -0.137. The van der Waals surface area contributed by atoms with Gasteiger partial charge in [0.15, 0.2) is 5.69 Å². The van der Waals surface area contributed by atoms with Crippen molar-refractivity contribution < 1.29 is 27.2 Å². The minimum atomic E-state index is -4.44. The molecule has 0 spiro atoms. The molecule has 4 rings (SSSR count). The van der Waals surface area contributed by atoms with Crippen LogP contribution >= 0.6 is 0 Å². The number of carbonyl (C=O) groups is 2. The van der Waals surface area contributed by atoms with Crippen LogP contribution in [0.15, 0.2) is 48.7 Å². The molecule has 1 N–H and O–H groups in total. The number of halogens is 4. The van der Waals surface area contributed by atoms with Crippen LogP contribution in [0.5, 0.6) is 0 Å². The van der Waals surface area contributed by atoms with Crippen LogP contribution in [0.25, 0.3) is 5.52 Å². The zero-order chi connectivity index (χ0) is 25.9. The monoisotopic (exact) mass is 504 g/mol. The Morgan fingerprint density at radius 2 is 1.83 bits per heavy atom. The van der Waals surface area contributed by atoms with E-state index >= 15 is 0 Å². The van der Waals surface area contributed by atoms with Crippen LogP contribution in [0.4, 0.5) is 17.6 Å². The van der Waals surface area contributed by atoms with E-state index in [0.717, 1.165) is 44.2 Å². The summed E-state index contributed by atoms with van der Waals surface area (Å²) < 4.78 is 53.3. The molecule has 1 aliphatic rings. The molecule has 1 aliphatic carbocycles. The molecule has 0 bridgehead atoms. The first-order chi connectivity index (χ1) is 17.2. The molecular formula is C26H28F4N4O2. The minimum Gasteiger partial charge on any atom is -0.345 e. The summed E-state index contributed by atoms with van der Waals surface area (Å²) in [5.41, 5.74) is 0.649. The molecule has 0 radical (unpaired) electrons. The van der Waals surface area contributed by atoms with Gasteiger partial charge in [-0.05, 0) is 54.7 Å². The molecule has 1 saturated carbocycles. The maximum atomic E-state index is 13.4. The van der Waals surface area contributed by atoms with E-state index in [-0.39, 0.29) is 23.7 Å². The summed E-state index contributed by atoms with van der Waals surface area (Å²) in [4.78, 5) is 27.2. The number of amides is 2. The first-order valence-corrected chi connectivity index (χ1v) is 12.0. The first kappa shape index (κ1) is 25.7. The molecule has 1 aromatic carbocycles. The van der Waals surface area contributed by atoms with E-state index in [9.17, 15) is 27.2 Å². The Kier molecular flexibility index (Phi) is 7.61. The van der Waals surface area contributed by atoms with Crippen LogP contribution < -0.4 is 5.32 Å². The molecule has 2 heterocycles. The van der Waals surface area contributed by atoms with Crippen molar-refractivity contribution in [2.45, 2.75) is 44.3 Å². The zero-order valence-corrected chi connectivity index (χ0v) is 19.9. The van der Waals surface area contributed by atoms with Crippen molar-refractivity contribution >= 4 is 17.3 Å². The smallest absolute Gasteiger partial charge is 0.345 e. The third-order valence-electron chi connectivity index (χ3n) is 6.74. The molecule has 2 aromatic heterocycles. The summed E-state index contributed by atoms with van der Waals surface area (Å²) in [5, 5.41) is 7.28. The highest BCUT2D eigenvalue weighted by atomic mass is 19.4. The van der Waals surface area contributed by atoms with Crippen LogP contribution in [0.3, 0.4) is 0 Å². The lowest BCUT2D eigenvalue weighted by Crippen LogP contribution is -2.34. The third kappa shape index (κ3) is 5.52. The van der Waals surface area contributed by atoms with E-state index in [4.69, 9.17) is 0 Å². The quantitative estimate of drug-likeness (QED) is 0.436. The minimum absolute atomic E-state index is 0.0732. The van der Waals surface area contributed by atoms with Gasteiger partial charge >= 0.3 is 6.18 Å². The first-order valence-electron chi connectivity index (χ1n) is 12.0. The van der Waals surface area contributed by atoms with Crippen LogP contribution in [0.1, 0.15) is 70.1 Å². The second-order valence-corrected chi connectivity index (χ2v) is 9.17. The fourth-order valence-corrected chi connectivity index (χ4v) is 4.78. The van der Waals surface area contributed by atoms with Crippen molar-refractivity contribution in [2.75, 3.05) is 20.3 Å². The van der Waals surface area contributed by atoms with Gasteiger partial charge in [0.05, 0.1) is 22.7 Å². The molecule has 1 atom stereocenters. The fraction of sp³-hybridized carbons (Fsp3) is 0.423. The number of benzene rings is 1. The normalized spacial score (nSPS) is 15.6. The van der Waals surface area contributed by atoms with Gasteiger partial charge in [-0.25, -0.2) is 8.91 Å². The van der Waals surface area contributed by atoms with Gasteiger partial charge in [0.2, 0.25) is 0 Å². The standard InChI is InChI=1S/C26H28F4N4O2/c1-33(15-13-27)25(36)21-16-22-20(8-5-14-34(22)32-21)24(35)31-23(17-6-3-2-4-7-17)18-9-11-19(12-10-18)26(28,29)30/h5,8-12,14,16-17,23H,2-4,6-7,13,15H2,1H3,(H,31,35). The summed E-state index contributed by atoms with van der Waals surface area (Å²) in [6.45, 7) is -0.758. The number of fused-ring (bicyclic) bond motifs is 1. The maximum absolute atomic E-state index is 13.4. The highest BCUT2D eigenvalue weighted by molar-refractivity contribution is 6.02. The number of pyridine rings is 1. The largest absolute Gasteiger partial charge is 0.416 e. The van der Waals surface area contributed by atoms with Gasteiger partial charge < -0.3 is 10.2 Å². The van der Waals surface area contributed by atoms with Gasteiger partial charge in [0.1, 0.15) is 6.67 Å². The zero-order valence-electron chi connectivity index (χ0n) is 19.9. The molecular weight excluding hydrogens is 476 g/mol. The van der Waals surface area contributed by atoms with Crippen LogP contribution in [-0.4, -0.2) is 46.6 Å². The van der Waals surface area contributed by atoms with Gasteiger partial charge in [-0.15, -0.1) is 0 Å². The number of alkyl halides is 4. The Morgan fingerprint density at radius 3 is 2.47 bits per heavy atom. The van der Waals surface area contributed by atoms with Gasteiger partial charge in [-0.1, -0.05) is 31.4 Å². The number of nitrogens with one attached hydrogen (secondary N) is 1. The summed E-state index contributed by atoms with van der Waals surface area (Å²) in [6.07, 6.45) is 1.97. The second-order valence-electron chi connectivity index (χ2n) is 9.17.